The molecule has 0 saturated carbocycles. The molecule has 130 valence electrons. The standard InChI is InChI=1S/C20H21NO4/c1-13-7-9-16(10-8-13)24-12-14(2)21-20(22)18-11-15-5-4-6-17(23-3)19(15)25-18/h4-11,14H,12H2,1-3H3,(H,21,22)/t14-/m1/s1. The molecule has 0 saturated heterocycles. The van der Waals surface area contributed by atoms with E-state index in [-0.39, 0.29) is 17.7 Å². The molecule has 0 aliphatic heterocycles. The monoisotopic (exact) mass is 339 g/mol. The highest BCUT2D eigenvalue weighted by molar-refractivity contribution is 5.97. The van der Waals surface area contributed by atoms with Gasteiger partial charge in [-0.05, 0) is 38.1 Å². The van der Waals surface area contributed by atoms with Crippen LogP contribution in [0.5, 0.6) is 11.5 Å². The molecule has 25 heavy (non-hydrogen) atoms. The van der Waals surface area contributed by atoms with E-state index < -0.39 is 0 Å². The number of aryl methyl sites for hydroxylation is 1. The smallest absolute Gasteiger partial charge is 0.287 e. The third kappa shape index (κ3) is 3.94. The van der Waals surface area contributed by atoms with E-state index in [0.29, 0.717) is 17.9 Å². The van der Waals surface area contributed by atoms with E-state index in [1.807, 2.05) is 50.2 Å². The highest BCUT2D eigenvalue weighted by atomic mass is 16.5. The summed E-state index contributed by atoms with van der Waals surface area (Å²) < 4.78 is 16.6. The van der Waals surface area contributed by atoms with E-state index in [0.717, 1.165) is 11.1 Å². The van der Waals surface area contributed by atoms with Crippen LogP contribution in [-0.2, 0) is 0 Å². The average Bonchev–Trinajstić information content (AvgIpc) is 3.05. The van der Waals surface area contributed by atoms with Crippen molar-refractivity contribution in [3.63, 3.8) is 0 Å². The second-order valence-electron chi connectivity index (χ2n) is 5.99. The molecule has 3 aromatic rings. The summed E-state index contributed by atoms with van der Waals surface area (Å²) in [6, 6.07) is 14.9. The number of amides is 1. The van der Waals surface area contributed by atoms with Crippen molar-refractivity contribution in [1.29, 1.82) is 0 Å². The first-order valence-electron chi connectivity index (χ1n) is 8.13. The fourth-order valence-corrected chi connectivity index (χ4v) is 2.50. The first kappa shape index (κ1) is 16.9. The lowest BCUT2D eigenvalue weighted by molar-refractivity contribution is 0.0900. The number of carbonyl (C=O) groups is 1. The Morgan fingerprint density at radius 2 is 1.96 bits per heavy atom. The van der Waals surface area contributed by atoms with Gasteiger partial charge in [-0.25, -0.2) is 0 Å². The lowest BCUT2D eigenvalue weighted by Crippen LogP contribution is -2.36. The zero-order valence-corrected chi connectivity index (χ0v) is 14.5. The molecule has 0 aliphatic carbocycles. The van der Waals surface area contributed by atoms with E-state index >= 15 is 0 Å². The van der Waals surface area contributed by atoms with Gasteiger partial charge < -0.3 is 19.2 Å². The summed E-state index contributed by atoms with van der Waals surface area (Å²) in [5, 5.41) is 3.70. The Kier molecular flexibility index (Phi) is 4.93. The van der Waals surface area contributed by atoms with Crippen molar-refractivity contribution in [3.05, 3.63) is 59.9 Å². The molecule has 1 heterocycles. The Balaban J connectivity index is 1.62. The number of ether oxygens (including phenoxy) is 2. The van der Waals surface area contributed by atoms with E-state index in [2.05, 4.69) is 5.32 Å². The van der Waals surface area contributed by atoms with E-state index in [9.17, 15) is 4.79 Å². The quantitative estimate of drug-likeness (QED) is 0.739. The molecule has 5 heteroatoms. The SMILES string of the molecule is COc1cccc2cc(C(=O)N[C@H](C)COc3ccc(C)cc3)oc12. The molecular weight excluding hydrogens is 318 g/mol. The summed E-state index contributed by atoms with van der Waals surface area (Å²) in [6.45, 7) is 4.28. The molecule has 1 N–H and O–H groups in total. The zero-order chi connectivity index (χ0) is 17.8. The van der Waals surface area contributed by atoms with E-state index in [4.69, 9.17) is 13.9 Å². The summed E-state index contributed by atoms with van der Waals surface area (Å²) in [5.74, 6) is 1.35. The Morgan fingerprint density at radius 1 is 1.20 bits per heavy atom. The van der Waals surface area contributed by atoms with Crippen LogP contribution >= 0.6 is 0 Å². The van der Waals surface area contributed by atoms with Crippen LogP contribution in [0.25, 0.3) is 11.0 Å². The van der Waals surface area contributed by atoms with Gasteiger partial charge in [0, 0.05) is 5.39 Å². The predicted molar refractivity (Wildman–Crippen MR) is 96.4 cm³/mol. The molecule has 0 fully saturated rings. The summed E-state index contributed by atoms with van der Waals surface area (Å²) >= 11 is 0. The fraction of sp³-hybridized carbons (Fsp3) is 0.250. The fourth-order valence-electron chi connectivity index (χ4n) is 2.50. The summed E-state index contributed by atoms with van der Waals surface area (Å²) in [4.78, 5) is 12.4. The molecule has 0 unspecified atom stereocenters. The van der Waals surface area contributed by atoms with Gasteiger partial charge in [0.1, 0.15) is 12.4 Å². The van der Waals surface area contributed by atoms with Crippen LogP contribution in [0.3, 0.4) is 0 Å². The van der Waals surface area contributed by atoms with Crippen molar-refractivity contribution in [3.8, 4) is 11.5 Å². The molecule has 0 aliphatic rings. The second kappa shape index (κ2) is 7.30. The normalized spacial score (nSPS) is 12.0. The molecule has 0 spiro atoms. The number of nitrogens with one attached hydrogen (secondary N) is 1. The number of carbonyl (C=O) groups excluding carboxylic acids is 1. The number of rotatable bonds is 6. The van der Waals surface area contributed by atoms with Gasteiger partial charge in [0.25, 0.3) is 5.91 Å². The van der Waals surface area contributed by atoms with Gasteiger partial charge in [0.15, 0.2) is 17.1 Å². The first-order chi connectivity index (χ1) is 12.1. The number of furan rings is 1. The molecule has 2 aromatic carbocycles. The van der Waals surface area contributed by atoms with Crippen LogP contribution in [0, 0.1) is 6.92 Å². The summed E-state index contributed by atoms with van der Waals surface area (Å²) in [6.07, 6.45) is 0. The molecule has 1 atom stereocenters. The third-order valence-electron chi connectivity index (χ3n) is 3.85. The van der Waals surface area contributed by atoms with Crippen LogP contribution in [0.1, 0.15) is 23.0 Å². The lowest BCUT2D eigenvalue weighted by atomic mass is 10.2. The maximum absolute atomic E-state index is 12.4. The third-order valence-corrected chi connectivity index (χ3v) is 3.85. The minimum atomic E-state index is -0.279. The van der Waals surface area contributed by atoms with Crippen molar-refractivity contribution in [2.24, 2.45) is 0 Å². The maximum Gasteiger partial charge on any atom is 0.287 e. The molecular formula is C20H21NO4. The topological polar surface area (TPSA) is 60.7 Å². The average molecular weight is 339 g/mol. The lowest BCUT2D eigenvalue weighted by Gasteiger charge is -2.14. The number of hydrogen-bond acceptors (Lipinski definition) is 4. The molecule has 0 radical (unpaired) electrons. The molecule has 1 aromatic heterocycles. The van der Waals surface area contributed by atoms with Crippen LogP contribution < -0.4 is 14.8 Å². The molecule has 3 rings (SSSR count). The Hall–Kier alpha value is -2.95. The number of hydrogen-bond donors (Lipinski definition) is 1. The minimum absolute atomic E-state index is 0.163. The van der Waals surface area contributed by atoms with Crippen LogP contribution in [0.15, 0.2) is 52.9 Å². The van der Waals surface area contributed by atoms with Crippen molar-refractivity contribution >= 4 is 16.9 Å². The summed E-state index contributed by atoms with van der Waals surface area (Å²) in [7, 11) is 1.57. The van der Waals surface area contributed by atoms with Crippen LogP contribution in [0.2, 0.25) is 0 Å². The largest absolute Gasteiger partial charge is 0.493 e. The van der Waals surface area contributed by atoms with Gasteiger partial charge in [0.05, 0.1) is 13.2 Å². The van der Waals surface area contributed by atoms with Gasteiger partial charge in [-0.1, -0.05) is 29.8 Å². The number of benzene rings is 2. The Bertz CT molecular complexity index is 867. The predicted octanol–water partition coefficient (Wildman–Crippen LogP) is 3.95. The molecule has 1 amide bonds. The van der Waals surface area contributed by atoms with Crippen molar-refractivity contribution in [1.82, 2.24) is 5.32 Å². The number of para-hydroxylation sites is 1. The highest BCUT2D eigenvalue weighted by Crippen LogP contribution is 2.28. The second-order valence-corrected chi connectivity index (χ2v) is 5.99. The molecule has 0 bridgehead atoms. The first-order valence-corrected chi connectivity index (χ1v) is 8.13. The zero-order valence-electron chi connectivity index (χ0n) is 14.5. The highest BCUT2D eigenvalue weighted by Gasteiger charge is 2.16. The number of fused-ring (bicyclic) bond motifs is 1. The van der Waals surface area contributed by atoms with Gasteiger partial charge in [-0.3, -0.25) is 4.79 Å². The Morgan fingerprint density at radius 3 is 2.68 bits per heavy atom. The van der Waals surface area contributed by atoms with E-state index in [1.54, 1.807) is 19.2 Å². The van der Waals surface area contributed by atoms with Gasteiger partial charge in [-0.2, -0.15) is 0 Å². The van der Waals surface area contributed by atoms with Crippen molar-refractivity contribution < 1.29 is 18.7 Å². The number of methoxy groups -OCH3 is 1. The van der Waals surface area contributed by atoms with Crippen molar-refractivity contribution in [2.75, 3.05) is 13.7 Å². The van der Waals surface area contributed by atoms with Crippen LogP contribution in [0.4, 0.5) is 0 Å². The van der Waals surface area contributed by atoms with Gasteiger partial charge in [-0.15, -0.1) is 0 Å². The summed E-state index contributed by atoms with van der Waals surface area (Å²) in [5.41, 5.74) is 1.74. The minimum Gasteiger partial charge on any atom is -0.493 e. The maximum atomic E-state index is 12.4. The van der Waals surface area contributed by atoms with Crippen LogP contribution in [-0.4, -0.2) is 25.7 Å². The Labute approximate surface area is 146 Å². The van der Waals surface area contributed by atoms with Gasteiger partial charge >= 0.3 is 0 Å². The van der Waals surface area contributed by atoms with Gasteiger partial charge in [0.2, 0.25) is 0 Å². The van der Waals surface area contributed by atoms with E-state index in [1.165, 1.54) is 5.56 Å². The molecule has 5 nitrogen and oxygen atoms in total. The van der Waals surface area contributed by atoms with Crippen molar-refractivity contribution in [2.45, 2.75) is 19.9 Å².